The summed E-state index contributed by atoms with van der Waals surface area (Å²) in [5.41, 5.74) is 1.40. The molecule has 0 amide bonds. The molecular weight excluding hydrogens is 244 g/mol. The molecule has 0 saturated heterocycles. The Morgan fingerprint density at radius 1 is 0.750 bits per heavy atom. The van der Waals surface area contributed by atoms with Crippen molar-refractivity contribution >= 4 is 0 Å². The highest BCUT2D eigenvalue weighted by Gasteiger charge is 2.10. The van der Waals surface area contributed by atoms with E-state index in [-0.39, 0.29) is 0 Å². The highest BCUT2D eigenvalue weighted by molar-refractivity contribution is 5.28. The second-order valence-corrected chi connectivity index (χ2v) is 5.99. The zero-order valence-electron chi connectivity index (χ0n) is 13.4. The fraction of sp³-hybridized carbons (Fsp3) is 0.684. The molecule has 1 rings (SSSR count). The molecule has 1 heteroatoms. The van der Waals surface area contributed by atoms with E-state index in [4.69, 9.17) is 0 Å². The lowest BCUT2D eigenvalue weighted by Crippen LogP contribution is -1.98. The quantitative estimate of drug-likeness (QED) is 0.462. The van der Waals surface area contributed by atoms with Crippen molar-refractivity contribution in [2.24, 2.45) is 0 Å². The maximum absolute atomic E-state index is 9.39. The average molecular weight is 276 g/mol. The molecule has 1 unspecified atom stereocenters. The van der Waals surface area contributed by atoms with Crippen LogP contribution in [0.25, 0.3) is 0 Å². The number of hydrogen-bond donors (Lipinski definition) is 1. The summed E-state index contributed by atoms with van der Waals surface area (Å²) >= 11 is 0. The SMILES string of the molecule is CCCCCCCCCC(CCC)c1ccc(O)cc1. The van der Waals surface area contributed by atoms with Crippen LogP contribution in [0.15, 0.2) is 24.3 Å². The Bertz CT molecular complexity index is 328. The molecule has 0 heterocycles. The summed E-state index contributed by atoms with van der Waals surface area (Å²) in [6.07, 6.45) is 13.5. The van der Waals surface area contributed by atoms with Crippen molar-refractivity contribution in [3.05, 3.63) is 29.8 Å². The van der Waals surface area contributed by atoms with E-state index in [0.29, 0.717) is 11.7 Å². The van der Waals surface area contributed by atoms with Crippen LogP contribution < -0.4 is 0 Å². The molecule has 1 aromatic carbocycles. The molecule has 0 spiro atoms. The van der Waals surface area contributed by atoms with Gasteiger partial charge >= 0.3 is 0 Å². The largest absolute Gasteiger partial charge is 0.508 e. The van der Waals surface area contributed by atoms with E-state index in [1.54, 1.807) is 0 Å². The topological polar surface area (TPSA) is 20.2 Å². The van der Waals surface area contributed by atoms with Gasteiger partial charge < -0.3 is 5.11 Å². The summed E-state index contributed by atoms with van der Waals surface area (Å²) in [7, 11) is 0. The summed E-state index contributed by atoms with van der Waals surface area (Å²) in [4.78, 5) is 0. The van der Waals surface area contributed by atoms with Gasteiger partial charge in [-0.15, -0.1) is 0 Å². The summed E-state index contributed by atoms with van der Waals surface area (Å²) in [6.45, 7) is 4.53. The molecule has 0 aromatic heterocycles. The number of rotatable bonds is 11. The van der Waals surface area contributed by atoms with E-state index < -0.39 is 0 Å². The lowest BCUT2D eigenvalue weighted by atomic mass is 9.89. The maximum Gasteiger partial charge on any atom is 0.115 e. The second kappa shape index (κ2) is 10.8. The fourth-order valence-corrected chi connectivity index (χ4v) is 2.92. The van der Waals surface area contributed by atoms with Gasteiger partial charge in [-0.25, -0.2) is 0 Å². The zero-order valence-corrected chi connectivity index (χ0v) is 13.4. The first-order valence-corrected chi connectivity index (χ1v) is 8.56. The van der Waals surface area contributed by atoms with Crippen molar-refractivity contribution in [1.29, 1.82) is 0 Å². The van der Waals surface area contributed by atoms with Crippen molar-refractivity contribution in [3.8, 4) is 5.75 Å². The molecule has 0 fully saturated rings. The van der Waals surface area contributed by atoms with Crippen LogP contribution in [0.4, 0.5) is 0 Å². The molecule has 20 heavy (non-hydrogen) atoms. The van der Waals surface area contributed by atoms with Gasteiger partial charge in [0.15, 0.2) is 0 Å². The van der Waals surface area contributed by atoms with E-state index in [1.165, 1.54) is 69.8 Å². The second-order valence-electron chi connectivity index (χ2n) is 5.99. The first-order chi connectivity index (χ1) is 9.77. The van der Waals surface area contributed by atoms with Gasteiger partial charge in [-0.3, -0.25) is 0 Å². The highest BCUT2D eigenvalue weighted by atomic mass is 16.3. The van der Waals surface area contributed by atoms with E-state index in [0.717, 1.165) is 0 Å². The third-order valence-corrected chi connectivity index (χ3v) is 4.16. The molecule has 0 aliphatic carbocycles. The minimum Gasteiger partial charge on any atom is -0.508 e. The molecule has 0 radical (unpaired) electrons. The number of unbranched alkanes of at least 4 members (excludes halogenated alkanes) is 6. The zero-order chi connectivity index (χ0) is 14.6. The predicted octanol–water partition coefficient (Wildman–Crippen LogP) is 6.42. The van der Waals surface area contributed by atoms with Crippen LogP contribution in [0.3, 0.4) is 0 Å². The van der Waals surface area contributed by atoms with Crippen LogP contribution in [-0.4, -0.2) is 5.11 Å². The van der Waals surface area contributed by atoms with Gasteiger partial charge in [-0.1, -0.05) is 77.3 Å². The third-order valence-electron chi connectivity index (χ3n) is 4.16. The molecular formula is C19H32O. The van der Waals surface area contributed by atoms with Crippen molar-refractivity contribution in [3.63, 3.8) is 0 Å². The summed E-state index contributed by atoms with van der Waals surface area (Å²) in [6, 6.07) is 7.83. The van der Waals surface area contributed by atoms with Gasteiger partial charge in [0.05, 0.1) is 0 Å². The highest BCUT2D eigenvalue weighted by Crippen LogP contribution is 2.28. The number of benzene rings is 1. The van der Waals surface area contributed by atoms with E-state index in [1.807, 2.05) is 12.1 Å². The van der Waals surface area contributed by atoms with E-state index in [2.05, 4.69) is 26.0 Å². The molecule has 0 aliphatic rings. The normalized spacial score (nSPS) is 12.5. The Kier molecular flexibility index (Phi) is 9.19. The standard InChI is InChI=1S/C19H32O/c1-3-5-6-7-8-9-10-12-17(11-4-2)18-13-15-19(20)16-14-18/h13-17,20H,3-12H2,1-2H3. The van der Waals surface area contributed by atoms with Gasteiger partial charge in [-0.2, -0.15) is 0 Å². The van der Waals surface area contributed by atoms with Crippen molar-refractivity contribution in [2.45, 2.75) is 84.0 Å². The van der Waals surface area contributed by atoms with Crippen LogP contribution in [0.1, 0.15) is 89.5 Å². The molecule has 0 saturated carbocycles. The average Bonchev–Trinajstić information content (AvgIpc) is 2.46. The molecule has 0 aliphatic heterocycles. The summed E-state index contributed by atoms with van der Waals surface area (Å²) in [5, 5.41) is 9.39. The van der Waals surface area contributed by atoms with Crippen molar-refractivity contribution in [2.75, 3.05) is 0 Å². The van der Waals surface area contributed by atoms with Gasteiger partial charge in [0, 0.05) is 0 Å². The van der Waals surface area contributed by atoms with Crippen LogP contribution in [0.2, 0.25) is 0 Å². The van der Waals surface area contributed by atoms with Crippen LogP contribution in [-0.2, 0) is 0 Å². The van der Waals surface area contributed by atoms with E-state index in [9.17, 15) is 5.11 Å². The first-order valence-electron chi connectivity index (χ1n) is 8.56. The van der Waals surface area contributed by atoms with Gasteiger partial charge in [-0.05, 0) is 36.5 Å². The fourth-order valence-electron chi connectivity index (χ4n) is 2.92. The summed E-state index contributed by atoms with van der Waals surface area (Å²) < 4.78 is 0. The van der Waals surface area contributed by atoms with E-state index >= 15 is 0 Å². The van der Waals surface area contributed by atoms with Crippen LogP contribution in [0.5, 0.6) is 5.75 Å². The smallest absolute Gasteiger partial charge is 0.115 e. The number of phenolic OH excluding ortho intramolecular Hbond substituents is 1. The lowest BCUT2D eigenvalue weighted by Gasteiger charge is -2.16. The molecule has 114 valence electrons. The van der Waals surface area contributed by atoms with Crippen molar-refractivity contribution in [1.82, 2.24) is 0 Å². The lowest BCUT2D eigenvalue weighted by molar-refractivity contribution is 0.473. The molecule has 1 nitrogen and oxygen atoms in total. The maximum atomic E-state index is 9.39. The molecule has 1 N–H and O–H groups in total. The van der Waals surface area contributed by atoms with Gasteiger partial charge in [0.25, 0.3) is 0 Å². The molecule has 1 atom stereocenters. The van der Waals surface area contributed by atoms with Crippen LogP contribution in [0, 0.1) is 0 Å². The van der Waals surface area contributed by atoms with Crippen molar-refractivity contribution < 1.29 is 5.11 Å². The predicted molar refractivity (Wildman–Crippen MR) is 88.4 cm³/mol. The Balaban J connectivity index is 2.27. The van der Waals surface area contributed by atoms with Gasteiger partial charge in [0.2, 0.25) is 0 Å². The summed E-state index contributed by atoms with van der Waals surface area (Å²) in [5.74, 6) is 1.05. The molecule has 0 bridgehead atoms. The number of aromatic hydroxyl groups is 1. The monoisotopic (exact) mass is 276 g/mol. The first kappa shape index (κ1) is 17.1. The minimum absolute atomic E-state index is 0.375. The Morgan fingerprint density at radius 2 is 1.35 bits per heavy atom. The number of phenols is 1. The van der Waals surface area contributed by atoms with Gasteiger partial charge in [0.1, 0.15) is 5.75 Å². The Hall–Kier alpha value is -0.980. The third kappa shape index (κ3) is 6.98. The number of hydrogen-bond acceptors (Lipinski definition) is 1. The van der Waals surface area contributed by atoms with Crippen LogP contribution >= 0.6 is 0 Å². The molecule has 1 aromatic rings. The minimum atomic E-state index is 0.375. The Morgan fingerprint density at radius 3 is 1.95 bits per heavy atom. The Labute approximate surface area is 125 Å².